The molecule has 0 fully saturated rings. The molecule has 0 bridgehead atoms. The van der Waals surface area contributed by atoms with E-state index in [0.717, 1.165) is 17.0 Å². The third-order valence-electron chi connectivity index (χ3n) is 4.66. The molecule has 0 aliphatic carbocycles. The highest BCUT2D eigenvalue weighted by molar-refractivity contribution is 7.99. The van der Waals surface area contributed by atoms with Gasteiger partial charge >= 0.3 is 0 Å². The summed E-state index contributed by atoms with van der Waals surface area (Å²) < 4.78 is 12.6. The number of carbonyl (C=O) groups excluding carboxylic acids is 1. The summed E-state index contributed by atoms with van der Waals surface area (Å²) in [6.07, 6.45) is 2.30. The maximum Gasteiger partial charge on any atom is 0.230 e. The van der Waals surface area contributed by atoms with Crippen molar-refractivity contribution < 1.29 is 13.9 Å². The van der Waals surface area contributed by atoms with Gasteiger partial charge in [0.2, 0.25) is 11.7 Å². The van der Waals surface area contributed by atoms with Crippen molar-refractivity contribution in [2.45, 2.75) is 11.6 Å². The molecule has 0 saturated carbocycles. The third-order valence-corrected chi connectivity index (χ3v) is 5.83. The van der Waals surface area contributed by atoms with Gasteiger partial charge in [-0.25, -0.2) is 0 Å². The van der Waals surface area contributed by atoms with Crippen LogP contribution in [0.1, 0.15) is 5.56 Å². The van der Waals surface area contributed by atoms with Crippen molar-refractivity contribution >= 4 is 29.3 Å². The van der Waals surface area contributed by atoms with Gasteiger partial charge in [-0.3, -0.25) is 9.36 Å². The molecule has 164 valence electrons. The van der Waals surface area contributed by atoms with E-state index in [1.807, 2.05) is 59.2 Å². The van der Waals surface area contributed by atoms with Crippen molar-refractivity contribution in [3.63, 3.8) is 0 Å². The number of halogens is 1. The molecule has 0 atom stereocenters. The summed E-state index contributed by atoms with van der Waals surface area (Å²) >= 11 is 7.32. The van der Waals surface area contributed by atoms with Crippen LogP contribution in [0.4, 0.5) is 0 Å². The van der Waals surface area contributed by atoms with Gasteiger partial charge in [0.1, 0.15) is 5.75 Å². The maximum atomic E-state index is 12.4. The van der Waals surface area contributed by atoms with Crippen LogP contribution in [0.5, 0.6) is 5.75 Å². The number of ether oxygens (including phenoxy) is 1. The van der Waals surface area contributed by atoms with Crippen LogP contribution in [0.2, 0.25) is 5.02 Å². The van der Waals surface area contributed by atoms with Gasteiger partial charge in [-0.15, -0.1) is 10.2 Å². The number of hydrogen-bond acceptors (Lipinski definition) is 6. The van der Waals surface area contributed by atoms with Gasteiger partial charge in [-0.2, -0.15) is 0 Å². The zero-order valence-corrected chi connectivity index (χ0v) is 18.9. The van der Waals surface area contributed by atoms with E-state index in [2.05, 4.69) is 15.5 Å². The smallest absolute Gasteiger partial charge is 0.230 e. The largest absolute Gasteiger partial charge is 0.497 e. The summed E-state index contributed by atoms with van der Waals surface area (Å²) in [7, 11) is 1.62. The van der Waals surface area contributed by atoms with Gasteiger partial charge in [0.15, 0.2) is 10.9 Å². The quantitative estimate of drug-likeness (QED) is 0.360. The first kappa shape index (κ1) is 22.0. The second-order valence-corrected chi connectivity index (χ2v) is 8.21. The molecule has 0 radical (unpaired) electrons. The summed E-state index contributed by atoms with van der Waals surface area (Å²) in [5.41, 5.74) is 1.92. The van der Waals surface area contributed by atoms with Crippen LogP contribution in [0, 0.1) is 0 Å². The minimum atomic E-state index is -0.0825. The highest BCUT2D eigenvalue weighted by Crippen LogP contribution is 2.29. The van der Waals surface area contributed by atoms with Gasteiger partial charge < -0.3 is 14.5 Å². The van der Waals surface area contributed by atoms with Crippen LogP contribution in [0.25, 0.3) is 17.3 Å². The number of carbonyl (C=O) groups is 1. The Hall–Kier alpha value is -3.23. The Labute approximate surface area is 194 Å². The van der Waals surface area contributed by atoms with Gasteiger partial charge in [-0.05, 0) is 60.5 Å². The topological polar surface area (TPSA) is 82.2 Å². The minimum Gasteiger partial charge on any atom is -0.497 e. The van der Waals surface area contributed by atoms with E-state index in [0.29, 0.717) is 34.7 Å². The molecule has 2 aromatic heterocycles. The number of nitrogens with zero attached hydrogens (tertiary/aromatic N) is 3. The molecule has 1 amide bonds. The normalized spacial score (nSPS) is 10.8. The number of amides is 1. The first-order chi connectivity index (χ1) is 15.6. The Morgan fingerprint density at radius 1 is 1.16 bits per heavy atom. The third kappa shape index (κ3) is 5.33. The molecular formula is C23H21ClN4O3S. The van der Waals surface area contributed by atoms with Gasteiger partial charge in [-0.1, -0.05) is 35.5 Å². The summed E-state index contributed by atoms with van der Waals surface area (Å²) in [5, 5.41) is 12.8. The van der Waals surface area contributed by atoms with Crippen molar-refractivity contribution in [3.05, 3.63) is 77.5 Å². The standard InChI is InChI=1S/C23H21ClN4O3S/c1-30-19-9-7-18(8-10-19)28-22(20-6-3-13-31-20)26-27-23(28)32-15-21(29)25-12-11-16-4-2-5-17(24)14-16/h2-10,13-14H,11-12,15H2,1H3,(H,25,29). The van der Waals surface area contributed by atoms with Crippen LogP contribution >= 0.6 is 23.4 Å². The van der Waals surface area contributed by atoms with Gasteiger partial charge in [0.05, 0.1) is 24.8 Å². The van der Waals surface area contributed by atoms with E-state index in [-0.39, 0.29) is 11.7 Å². The van der Waals surface area contributed by atoms with Crippen LogP contribution < -0.4 is 10.1 Å². The maximum absolute atomic E-state index is 12.4. The Bertz CT molecular complexity index is 1180. The lowest BCUT2D eigenvalue weighted by atomic mass is 10.1. The summed E-state index contributed by atoms with van der Waals surface area (Å²) in [6, 6.07) is 18.8. The lowest BCUT2D eigenvalue weighted by molar-refractivity contribution is -0.118. The second-order valence-electron chi connectivity index (χ2n) is 6.84. The summed E-state index contributed by atoms with van der Waals surface area (Å²) in [6.45, 7) is 0.530. The molecule has 0 saturated heterocycles. The Kier molecular flexibility index (Phi) is 7.14. The Morgan fingerprint density at radius 3 is 2.72 bits per heavy atom. The summed E-state index contributed by atoms with van der Waals surface area (Å²) in [5.74, 6) is 2.02. The van der Waals surface area contributed by atoms with E-state index >= 15 is 0 Å². The number of furan rings is 1. The molecule has 9 heteroatoms. The average molecular weight is 469 g/mol. The predicted molar refractivity (Wildman–Crippen MR) is 125 cm³/mol. The second kappa shape index (κ2) is 10.4. The molecule has 32 heavy (non-hydrogen) atoms. The van der Waals surface area contributed by atoms with Crippen molar-refractivity contribution in [1.29, 1.82) is 0 Å². The molecule has 4 rings (SSSR count). The summed E-state index contributed by atoms with van der Waals surface area (Å²) in [4.78, 5) is 12.4. The van der Waals surface area contributed by atoms with E-state index in [4.69, 9.17) is 20.8 Å². The molecule has 0 aliphatic heterocycles. The fraction of sp³-hybridized carbons (Fsp3) is 0.174. The highest BCUT2D eigenvalue weighted by Gasteiger charge is 2.19. The number of methoxy groups -OCH3 is 1. The molecule has 7 nitrogen and oxygen atoms in total. The lowest BCUT2D eigenvalue weighted by Crippen LogP contribution is -2.27. The molecule has 0 aliphatic rings. The van der Waals surface area contributed by atoms with Crippen molar-refractivity contribution in [3.8, 4) is 23.0 Å². The highest BCUT2D eigenvalue weighted by atomic mass is 35.5. The SMILES string of the molecule is COc1ccc(-n2c(SCC(=O)NCCc3cccc(Cl)c3)nnc2-c2ccco2)cc1. The average Bonchev–Trinajstić information content (AvgIpc) is 3.48. The fourth-order valence-corrected chi connectivity index (χ4v) is 4.11. The Balaban J connectivity index is 1.44. The monoisotopic (exact) mass is 468 g/mol. The molecular weight excluding hydrogens is 448 g/mol. The molecule has 2 heterocycles. The van der Waals surface area contributed by atoms with Gasteiger partial charge in [0, 0.05) is 11.6 Å². The Morgan fingerprint density at radius 2 is 2.00 bits per heavy atom. The van der Waals surface area contributed by atoms with Crippen LogP contribution in [-0.2, 0) is 11.2 Å². The molecule has 4 aromatic rings. The molecule has 1 N–H and O–H groups in total. The van der Waals surface area contributed by atoms with Crippen LogP contribution in [0.15, 0.2) is 76.5 Å². The molecule has 2 aromatic carbocycles. The first-order valence-electron chi connectivity index (χ1n) is 9.91. The van der Waals surface area contributed by atoms with Gasteiger partial charge in [0.25, 0.3) is 0 Å². The number of aromatic nitrogens is 3. The van der Waals surface area contributed by atoms with Crippen molar-refractivity contribution in [2.24, 2.45) is 0 Å². The number of nitrogens with one attached hydrogen (secondary N) is 1. The minimum absolute atomic E-state index is 0.0825. The van der Waals surface area contributed by atoms with Crippen molar-refractivity contribution in [1.82, 2.24) is 20.1 Å². The zero-order valence-electron chi connectivity index (χ0n) is 17.3. The van der Waals surface area contributed by atoms with E-state index in [9.17, 15) is 4.79 Å². The van der Waals surface area contributed by atoms with Crippen molar-refractivity contribution in [2.75, 3.05) is 19.4 Å². The number of rotatable bonds is 9. The van der Waals surface area contributed by atoms with E-state index < -0.39 is 0 Å². The molecule has 0 spiro atoms. The number of hydrogen-bond donors (Lipinski definition) is 1. The van der Waals surface area contributed by atoms with E-state index in [1.54, 1.807) is 19.4 Å². The number of thioether (sulfide) groups is 1. The van der Waals surface area contributed by atoms with Crippen LogP contribution in [0.3, 0.4) is 0 Å². The lowest BCUT2D eigenvalue weighted by Gasteiger charge is -2.10. The van der Waals surface area contributed by atoms with E-state index in [1.165, 1.54) is 11.8 Å². The molecule has 0 unspecified atom stereocenters. The van der Waals surface area contributed by atoms with Crippen LogP contribution in [-0.4, -0.2) is 40.1 Å². The predicted octanol–water partition coefficient (Wildman–Crippen LogP) is 4.64. The number of benzene rings is 2. The first-order valence-corrected chi connectivity index (χ1v) is 11.3. The fourth-order valence-electron chi connectivity index (χ4n) is 3.11. The zero-order chi connectivity index (χ0) is 22.3.